The summed E-state index contributed by atoms with van der Waals surface area (Å²) in [6, 6.07) is 17.2. The minimum Gasteiger partial charge on any atom is -0.506 e. The highest BCUT2D eigenvalue weighted by molar-refractivity contribution is 7.12. The molecule has 0 spiro atoms. The zero-order valence-electron chi connectivity index (χ0n) is 36.4. The van der Waals surface area contributed by atoms with Gasteiger partial charge in [0.25, 0.3) is 0 Å². The van der Waals surface area contributed by atoms with Gasteiger partial charge in [-0.15, -0.1) is 22.7 Å². The molecule has 1 fully saturated rings. The maximum atomic E-state index is 13.4. The number of fused-ring (bicyclic) bond motifs is 1. The number of nitrogens with zero attached hydrogens (tertiary/aromatic N) is 1. The number of H-pyrrole nitrogens is 1. The number of likely N-dealkylation sites (N-methyl/N-ethyl adjacent to an activating group) is 1. The number of anilines is 1. The first-order valence-corrected chi connectivity index (χ1v) is 25.6. The number of phenolic OH excluding ortho intramolecular Hbond substituents is 1. The molecular formula is C45H57ClN4O9S2Si. The van der Waals surface area contributed by atoms with E-state index in [4.69, 9.17) is 30.2 Å². The van der Waals surface area contributed by atoms with E-state index in [9.17, 15) is 24.6 Å². The monoisotopic (exact) mass is 924 g/mol. The Morgan fingerprint density at radius 1 is 0.984 bits per heavy atom. The number of aromatic amines is 1. The van der Waals surface area contributed by atoms with Crippen molar-refractivity contribution in [2.24, 2.45) is 0 Å². The van der Waals surface area contributed by atoms with E-state index in [0.29, 0.717) is 62.6 Å². The highest BCUT2D eigenvalue weighted by Crippen LogP contribution is 2.43. The fourth-order valence-corrected chi connectivity index (χ4v) is 10.9. The molecule has 1 aliphatic rings. The largest absolute Gasteiger partial charge is 0.506 e. The number of carbonyl (C=O) groups is 2. The third kappa shape index (κ3) is 10.6. The van der Waals surface area contributed by atoms with Gasteiger partial charge in [-0.05, 0) is 105 Å². The highest BCUT2D eigenvalue weighted by Gasteiger charge is 2.46. The number of pyridine rings is 1. The van der Waals surface area contributed by atoms with Crippen molar-refractivity contribution in [1.82, 2.24) is 15.2 Å². The average molecular weight is 926 g/mol. The van der Waals surface area contributed by atoms with E-state index in [1.165, 1.54) is 35.8 Å². The van der Waals surface area contributed by atoms with Gasteiger partial charge in [0, 0.05) is 47.8 Å². The lowest BCUT2D eigenvalue weighted by Gasteiger charge is -2.45. The van der Waals surface area contributed by atoms with Crippen LogP contribution >= 0.6 is 34.3 Å². The summed E-state index contributed by atoms with van der Waals surface area (Å²) in [6.45, 7) is 13.5. The van der Waals surface area contributed by atoms with Crippen molar-refractivity contribution in [3.8, 4) is 11.5 Å². The molecule has 3 heterocycles. The van der Waals surface area contributed by atoms with Crippen LogP contribution in [0.15, 0.2) is 76.2 Å². The van der Waals surface area contributed by atoms with Crippen LogP contribution in [0.1, 0.15) is 74.3 Å². The van der Waals surface area contributed by atoms with Crippen molar-refractivity contribution < 1.29 is 38.4 Å². The van der Waals surface area contributed by atoms with E-state index in [0.717, 1.165) is 12.8 Å². The fourth-order valence-electron chi connectivity index (χ4n) is 7.41. The van der Waals surface area contributed by atoms with Crippen LogP contribution in [-0.2, 0) is 36.6 Å². The number of ether oxygens (including phenoxy) is 3. The molecule has 1 atom stereocenters. The summed E-state index contributed by atoms with van der Waals surface area (Å²) in [5.41, 5.74) is -1.22. The molecule has 6 rings (SSSR count). The minimum atomic E-state index is -2.42. The summed E-state index contributed by atoms with van der Waals surface area (Å²) in [6.07, 6.45) is 1.89. The Kier molecular flexibility index (Phi) is 14.6. The first kappa shape index (κ1) is 47.2. The van der Waals surface area contributed by atoms with Gasteiger partial charge in [-0.3, -0.25) is 15.4 Å². The molecule has 0 saturated heterocycles. The number of halogens is 1. The zero-order valence-corrected chi connectivity index (χ0v) is 39.8. The second-order valence-corrected chi connectivity index (χ2v) is 24.4. The number of rotatable bonds is 16. The molecule has 1 saturated carbocycles. The Bertz CT molecular complexity index is 2360. The molecule has 5 N–H and O–H groups in total. The van der Waals surface area contributed by atoms with Gasteiger partial charge in [-0.25, -0.2) is 9.59 Å². The number of esters is 1. The zero-order chi connectivity index (χ0) is 45.0. The third-order valence-corrected chi connectivity index (χ3v) is 18.9. The van der Waals surface area contributed by atoms with Gasteiger partial charge < -0.3 is 38.7 Å². The fraction of sp³-hybridized carbons (Fsp3) is 0.444. The molecular weight excluding hydrogens is 868 g/mol. The molecule has 5 aromatic rings. The van der Waals surface area contributed by atoms with Crippen molar-refractivity contribution in [3.63, 3.8) is 0 Å². The molecule has 0 unspecified atom stereocenters. The van der Waals surface area contributed by atoms with Crippen LogP contribution in [0.5, 0.6) is 11.5 Å². The van der Waals surface area contributed by atoms with Crippen molar-refractivity contribution in [2.45, 2.75) is 102 Å². The van der Waals surface area contributed by atoms with Crippen molar-refractivity contribution >= 4 is 71.2 Å². The number of methoxy groups -OCH3 is 1. The second-order valence-electron chi connectivity index (χ2n) is 17.4. The first-order chi connectivity index (χ1) is 29.2. The van der Waals surface area contributed by atoms with Crippen LogP contribution in [0.2, 0.25) is 23.2 Å². The number of hydrogen-bond acceptors (Lipinski definition) is 13. The van der Waals surface area contributed by atoms with Crippen LogP contribution in [-0.4, -0.2) is 79.9 Å². The van der Waals surface area contributed by atoms with Gasteiger partial charge in [-0.2, -0.15) is 0 Å². The Hall–Kier alpha value is -4.26. The molecule has 334 valence electrons. The number of aromatic nitrogens is 1. The second kappa shape index (κ2) is 19.2. The number of carbonyl (C=O) groups excluding carboxylic acids is 2. The summed E-state index contributed by atoms with van der Waals surface area (Å²) < 4.78 is 24.2. The van der Waals surface area contributed by atoms with Crippen molar-refractivity contribution in [3.05, 3.63) is 108 Å². The number of benzene rings is 2. The SMILES string of the molecule is COc1cc(NC(=O)OCCN(C)C2CCC(OC(=O)C(O)(c3cccs3)c3cccs3)CC2)c(Cl)cc1CN[C@@](C)(O[Si](C)(C)C(C)(C)C)c1cc(O)c2[nH]c(=O)ccc2c1. The van der Waals surface area contributed by atoms with E-state index >= 15 is 0 Å². The molecule has 1 amide bonds. The molecule has 0 aliphatic heterocycles. The predicted molar refractivity (Wildman–Crippen MR) is 248 cm³/mol. The van der Waals surface area contributed by atoms with Crippen molar-refractivity contribution in [2.75, 3.05) is 32.6 Å². The number of nitrogens with one attached hydrogen (secondary N) is 3. The molecule has 2 aromatic carbocycles. The molecule has 0 radical (unpaired) electrons. The van der Waals surface area contributed by atoms with E-state index in [1.807, 2.05) is 42.9 Å². The van der Waals surface area contributed by atoms with Crippen molar-refractivity contribution in [1.29, 1.82) is 0 Å². The standard InChI is InChI=1S/C45H57ClN4O9S2Si/c1-43(2,3)62(7,8)59-44(4,30-23-28-13-18-39(52)49-40(28)35(51)25-30)47-27-29-24-33(46)34(26-36(29)56-6)48-42(54)57-20-19-50(5)31-14-16-32(17-15-31)58-41(53)45(55,37-11-9-21-60-37)38-12-10-22-61-38/h9-13,18,21-26,31-32,47,51,55H,14-17,19-20,27H2,1-8H3,(H,48,54)(H,49,52)/t31?,32?,44-/m0/s1. The molecule has 13 nitrogen and oxygen atoms in total. The quantitative estimate of drug-likeness (QED) is 0.0363. The van der Waals surface area contributed by atoms with Crippen LogP contribution < -0.4 is 20.9 Å². The number of hydrogen-bond donors (Lipinski definition) is 5. The number of aromatic hydroxyl groups is 1. The van der Waals surface area contributed by atoms with Crippen LogP contribution in [0.4, 0.5) is 10.5 Å². The number of amides is 1. The van der Waals surface area contributed by atoms with E-state index in [-0.39, 0.29) is 46.7 Å². The van der Waals surface area contributed by atoms with Gasteiger partial charge >= 0.3 is 12.1 Å². The lowest BCUT2D eigenvalue weighted by molar-refractivity contribution is -0.169. The lowest BCUT2D eigenvalue weighted by atomic mass is 9.91. The maximum absolute atomic E-state index is 13.4. The van der Waals surface area contributed by atoms with Gasteiger partial charge in [0.15, 0.2) is 8.32 Å². The molecule has 0 bridgehead atoms. The minimum absolute atomic E-state index is 0.0745. The van der Waals surface area contributed by atoms with Gasteiger partial charge in [-0.1, -0.05) is 44.5 Å². The Morgan fingerprint density at radius 3 is 2.24 bits per heavy atom. The number of thiophene rings is 2. The van der Waals surface area contributed by atoms with Crippen LogP contribution in [0.3, 0.4) is 0 Å². The maximum Gasteiger partial charge on any atom is 0.411 e. The highest BCUT2D eigenvalue weighted by atomic mass is 35.5. The summed E-state index contributed by atoms with van der Waals surface area (Å²) in [4.78, 5) is 44.3. The smallest absolute Gasteiger partial charge is 0.411 e. The van der Waals surface area contributed by atoms with Gasteiger partial charge in [0.2, 0.25) is 11.2 Å². The van der Waals surface area contributed by atoms with E-state index < -0.39 is 31.7 Å². The summed E-state index contributed by atoms with van der Waals surface area (Å²) >= 11 is 9.38. The molecule has 1 aliphatic carbocycles. The Morgan fingerprint density at radius 2 is 1.65 bits per heavy atom. The summed E-state index contributed by atoms with van der Waals surface area (Å²) in [5.74, 6) is -0.263. The van der Waals surface area contributed by atoms with Gasteiger partial charge in [0.1, 0.15) is 29.9 Å². The van der Waals surface area contributed by atoms with Crippen LogP contribution in [0.25, 0.3) is 10.9 Å². The van der Waals surface area contributed by atoms with E-state index in [2.05, 4.69) is 54.4 Å². The average Bonchev–Trinajstić information content (AvgIpc) is 3.97. The Labute approximate surface area is 376 Å². The summed E-state index contributed by atoms with van der Waals surface area (Å²) in [5, 5.41) is 33.3. The normalized spacial score (nSPS) is 17.1. The van der Waals surface area contributed by atoms with Crippen LogP contribution in [0, 0.1) is 0 Å². The molecule has 3 aromatic heterocycles. The topological polar surface area (TPSA) is 172 Å². The molecule has 17 heteroatoms. The van der Waals surface area contributed by atoms with Gasteiger partial charge in [0.05, 0.1) is 33.1 Å². The summed E-state index contributed by atoms with van der Waals surface area (Å²) in [7, 11) is 1.09. The number of phenols is 1. The molecule has 62 heavy (non-hydrogen) atoms. The van der Waals surface area contributed by atoms with E-state index in [1.54, 1.807) is 36.4 Å². The predicted octanol–water partition coefficient (Wildman–Crippen LogP) is 9.27. The first-order valence-electron chi connectivity index (χ1n) is 20.6. The lowest BCUT2D eigenvalue weighted by Crippen LogP contribution is -2.53. The number of aliphatic hydroxyl groups is 1. The third-order valence-electron chi connectivity index (χ3n) is 12.1. The Balaban J connectivity index is 1.03.